The van der Waals surface area contributed by atoms with Crippen LogP contribution in [-0.4, -0.2) is 17.9 Å². The highest BCUT2D eigenvalue weighted by Gasteiger charge is 2.29. The van der Waals surface area contributed by atoms with Crippen molar-refractivity contribution in [3.63, 3.8) is 0 Å². The minimum absolute atomic E-state index is 0.0841. The van der Waals surface area contributed by atoms with E-state index < -0.39 is 12.1 Å². The predicted molar refractivity (Wildman–Crippen MR) is 88.4 cm³/mol. The standard InChI is InChI=1S/C19H21NO4/c1-13-8-10-14(11-9-13)17(18(21)20-15-5-2-3-6-15)24-19(22)16-7-4-12-23-16/h4,7-12,15,17H,2-3,5-6H2,1H3,(H,20,21)/t17-/m1/s1. The first kappa shape index (κ1) is 16.3. The summed E-state index contributed by atoms with van der Waals surface area (Å²) in [6.07, 6.45) is 4.59. The van der Waals surface area contributed by atoms with Gasteiger partial charge in [-0.2, -0.15) is 0 Å². The number of carbonyl (C=O) groups excluding carboxylic acids is 2. The second kappa shape index (κ2) is 7.34. The fourth-order valence-corrected chi connectivity index (χ4v) is 2.92. The van der Waals surface area contributed by atoms with Crippen molar-refractivity contribution in [3.05, 3.63) is 59.5 Å². The van der Waals surface area contributed by atoms with Gasteiger partial charge in [-0.05, 0) is 31.9 Å². The van der Waals surface area contributed by atoms with Crippen LogP contribution in [0, 0.1) is 6.92 Å². The van der Waals surface area contributed by atoms with Crippen LogP contribution in [0.25, 0.3) is 0 Å². The highest BCUT2D eigenvalue weighted by Crippen LogP contribution is 2.23. The summed E-state index contributed by atoms with van der Waals surface area (Å²) < 4.78 is 10.5. The van der Waals surface area contributed by atoms with Crippen molar-refractivity contribution in [3.8, 4) is 0 Å². The number of nitrogens with one attached hydrogen (secondary N) is 1. The monoisotopic (exact) mass is 327 g/mol. The molecule has 3 rings (SSSR count). The van der Waals surface area contributed by atoms with Crippen LogP contribution in [0.1, 0.15) is 53.5 Å². The van der Waals surface area contributed by atoms with Crippen LogP contribution < -0.4 is 5.32 Å². The number of furan rings is 1. The molecular weight excluding hydrogens is 306 g/mol. The Morgan fingerprint density at radius 2 is 1.88 bits per heavy atom. The first-order chi connectivity index (χ1) is 11.6. The van der Waals surface area contributed by atoms with E-state index in [0.29, 0.717) is 5.56 Å². The second-order valence-electron chi connectivity index (χ2n) is 6.16. The molecule has 1 atom stereocenters. The van der Waals surface area contributed by atoms with Gasteiger partial charge in [0.2, 0.25) is 11.9 Å². The first-order valence-corrected chi connectivity index (χ1v) is 8.25. The third-order valence-electron chi connectivity index (χ3n) is 4.27. The number of aryl methyl sites for hydroxylation is 1. The van der Waals surface area contributed by atoms with E-state index in [2.05, 4.69) is 5.32 Å². The molecule has 0 radical (unpaired) electrons. The van der Waals surface area contributed by atoms with Gasteiger partial charge >= 0.3 is 5.97 Å². The lowest BCUT2D eigenvalue weighted by Gasteiger charge is -2.20. The number of esters is 1. The molecule has 2 aromatic rings. The summed E-state index contributed by atoms with van der Waals surface area (Å²) in [5.41, 5.74) is 1.72. The Kier molecular flexibility index (Phi) is 4.99. The number of amides is 1. The average molecular weight is 327 g/mol. The van der Waals surface area contributed by atoms with Crippen molar-refractivity contribution in [1.29, 1.82) is 0 Å². The summed E-state index contributed by atoms with van der Waals surface area (Å²) >= 11 is 0. The van der Waals surface area contributed by atoms with Crippen LogP contribution in [0.15, 0.2) is 47.1 Å². The highest BCUT2D eigenvalue weighted by atomic mass is 16.6. The van der Waals surface area contributed by atoms with E-state index >= 15 is 0 Å². The number of hydrogen-bond acceptors (Lipinski definition) is 4. The van der Waals surface area contributed by atoms with Crippen molar-refractivity contribution in [2.75, 3.05) is 0 Å². The maximum absolute atomic E-state index is 12.7. The number of ether oxygens (including phenoxy) is 1. The van der Waals surface area contributed by atoms with Gasteiger partial charge in [0.25, 0.3) is 5.91 Å². The zero-order valence-electron chi connectivity index (χ0n) is 13.7. The molecule has 1 N–H and O–H groups in total. The van der Waals surface area contributed by atoms with Crippen LogP contribution in [-0.2, 0) is 9.53 Å². The zero-order valence-corrected chi connectivity index (χ0v) is 13.7. The second-order valence-corrected chi connectivity index (χ2v) is 6.16. The van der Waals surface area contributed by atoms with Crippen LogP contribution in [0.2, 0.25) is 0 Å². The molecule has 0 unspecified atom stereocenters. The largest absolute Gasteiger partial charge is 0.457 e. The van der Waals surface area contributed by atoms with E-state index in [1.807, 2.05) is 31.2 Å². The smallest absolute Gasteiger partial charge is 0.375 e. The molecule has 0 spiro atoms. The summed E-state index contributed by atoms with van der Waals surface area (Å²) in [6.45, 7) is 1.96. The molecule has 0 bridgehead atoms. The summed E-state index contributed by atoms with van der Waals surface area (Å²) in [5, 5.41) is 3.00. The number of carbonyl (C=O) groups is 2. The first-order valence-electron chi connectivity index (χ1n) is 8.25. The molecule has 1 heterocycles. The Balaban J connectivity index is 1.78. The molecule has 1 aliphatic carbocycles. The van der Waals surface area contributed by atoms with Crippen molar-refractivity contribution >= 4 is 11.9 Å². The van der Waals surface area contributed by atoms with Gasteiger partial charge in [-0.25, -0.2) is 4.79 Å². The van der Waals surface area contributed by atoms with Crippen molar-refractivity contribution in [2.45, 2.75) is 44.8 Å². The molecule has 1 aliphatic rings. The van der Waals surface area contributed by atoms with Gasteiger partial charge in [-0.15, -0.1) is 0 Å². The van der Waals surface area contributed by atoms with E-state index in [1.165, 1.54) is 12.3 Å². The maximum Gasteiger partial charge on any atom is 0.375 e. The zero-order chi connectivity index (χ0) is 16.9. The Morgan fingerprint density at radius 1 is 1.17 bits per heavy atom. The number of rotatable bonds is 5. The van der Waals surface area contributed by atoms with Crippen molar-refractivity contribution in [2.24, 2.45) is 0 Å². The lowest BCUT2D eigenvalue weighted by Crippen LogP contribution is -2.38. The fraction of sp³-hybridized carbons (Fsp3) is 0.368. The SMILES string of the molecule is Cc1ccc([C@@H](OC(=O)c2ccco2)C(=O)NC2CCCC2)cc1. The van der Waals surface area contributed by atoms with Crippen LogP contribution in [0.3, 0.4) is 0 Å². The lowest BCUT2D eigenvalue weighted by molar-refractivity contribution is -0.131. The third-order valence-corrected chi connectivity index (χ3v) is 4.27. The van der Waals surface area contributed by atoms with Gasteiger partial charge in [0.1, 0.15) is 0 Å². The Labute approximate surface area is 141 Å². The fourth-order valence-electron chi connectivity index (χ4n) is 2.92. The van der Waals surface area contributed by atoms with Crippen molar-refractivity contribution < 1.29 is 18.7 Å². The van der Waals surface area contributed by atoms with Crippen LogP contribution >= 0.6 is 0 Å². The Hall–Kier alpha value is -2.56. The van der Waals surface area contributed by atoms with E-state index in [4.69, 9.17) is 9.15 Å². The molecule has 1 aromatic heterocycles. The van der Waals surface area contributed by atoms with Gasteiger partial charge < -0.3 is 14.5 Å². The van der Waals surface area contributed by atoms with E-state index in [1.54, 1.807) is 6.07 Å². The lowest BCUT2D eigenvalue weighted by atomic mass is 10.1. The molecule has 24 heavy (non-hydrogen) atoms. The maximum atomic E-state index is 12.7. The summed E-state index contributed by atoms with van der Waals surface area (Å²) in [5.74, 6) is -0.849. The molecule has 1 fully saturated rings. The third kappa shape index (κ3) is 3.85. The van der Waals surface area contributed by atoms with E-state index in [9.17, 15) is 9.59 Å². The van der Waals surface area contributed by atoms with E-state index in [0.717, 1.165) is 31.2 Å². The summed E-state index contributed by atoms with van der Waals surface area (Å²) in [7, 11) is 0. The molecular formula is C19H21NO4. The predicted octanol–water partition coefficient (Wildman–Crippen LogP) is 3.54. The van der Waals surface area contributed by atoms with Crippen LogP contribution in [0.5, 0.6) is 0 Å². The number of hydrogen-bond donors (Lipinski definition) is 1. The summed E-state index contributed by atoms with van der Waals surface area (Å²) in [6, 6.07) is 10.7. The Bertz CT molecular complexity index is 685. The van der Waals surface area contributed by atoms with Crippen molar-refractivity contribution in [1.82, 2.24) is 5.32 Å². The quantitative estimate of drug-likeness (QED) is 0.853. The molecule has 1 aromatic carbocycles. The summed E-state index contributed by atoms with van der Waals surface area (Å²) in [4.78, 5) is 24.9. The molecule has 5 nitrogen and oxygen atoms in total. The van der Waals surface area contributed by atoms with Crippen LogP contribution in [0.4, 0.5) is 0 Å². The minimum atomic E-state index is -0.983. The molecule has 126 valence electrons. The molecule has 1 amide bonds. The highest BCUT2D eigenvalue weighted by molar-refractivity contribution is 5.90. The normalized spacial score (nSPS) is 15.9. The Morgan fingerprint density at radius 3 is 2.50 bits per heavy atom. The van der Waals surface area contributed by atoms with E-state index in [-0.39, 0.29) is 17.7 Å². The van der Waals surface area contributed by atoms with Gasteiger partial charge in [-0.3, -0.25) is 4.79 Å². The van der Waals surface area contributed by atoms with Gasteiger partial charge in [-0.1, -0.05) is 42.7 Å². The average Bonchev–Trinajstić information content (AvgIpc) is 3.27. The minimum Gasteiger partial charge on any atom is -0.457 e. The van der Waals surface area contributed by atoms with Gasteiger partial charge in [0.15, 0.2) is 0 Å². The molecule has 1 saturated carbocycles. The molecule has 0 saturated heterocycles. The molecule has 0 aliphatic heterocycles. The molecule has 5 heteroatoms. The van der Waals surface area contributed by atoms with Gasteiger partial charge in [0.05, 0.1) is 6.26 Å². The van der Waals surface area contributed by atoms with Gasteiger partial charge in [0, 0.05) is 11.6 Å². The number of benzene rings is 1. The topological polar surface area (TPSA) is 68.5 Å².